The predicted octanol–water partition coefficient (Wildman–Crippen LogP) is 2.36. The van der Waals surface area contributed by atoms with E-state index in [1.807, 2.05) is 6.07 Å². The van der Waals surface area contributed by atoms with Gasteiger partial charge in [0.25, 0.3) is 5.91 Å². The van der Waals surface area contributed by atoms with Crippen LogP contribution in [0.2, 0.25) is 0 Å². The quantitative estimate of drug-likeness (QED) is 0.910. The molecule has 22 heavy (non-hydrogen) atoms. The Morgan fingerprint density at radius 2 is 1.86 bits per heavy atom. The molecule has 2 fully saturated rings. The average molecular weight is 299 g/mol. The highest BCUT2D eigenvalue weighted by molar-refractivity contribution is 5.95. The molecule has 0 aliphatic carbocycles. The molecule has 2 saturated heterocycles. The molecule has 1 aromatic carbocycles. The van der Waals surface area contributed by atoms with Crippen molar-refractivity contribution in [1.82, 2.24) is 9.80 Å². The SMILES string of the molecule is O=C(c1ccc2c(c1)CCN2)N1CCC(N2CCCC2)CC1. The summed E-state index contributed by atoms with van der Waals surface area (Å²) in [7, 11) is 0. The van der Waals surface area contributed by atoms with Crippen LogP contribution >= 0.6 is 0 Å². The number of nitrogens with zero attached hydrogens (tertiary/aromatic N) is 2. The number of piperidine rings is 1. The molecule has 0 spiro atoms. The van der Waals surface area contributed by atoms with Gasteiger partial charge in [-0.1, -0.05) is 0 Å². The molecular formula is C18H25N3O. The first-order valence-corrected chi connectivity index (χ1v) is 8.71. The van der Waals surface area contributed by atoms with Crippen molar-refractivity contribution in [1.29, 1.82) is 0 Å². The molecule has 1 aromatic rings. The number of hydrogen-bond donors (Lipinski definition) is 1. The summed E-state index contributed by atoms with van der Waals surface area (Å²) in [6.07, 6.45) is 6.01. The number of likely N-dealkylation sites (tertiary alicyclic amines) is 2. The largest absolute Gasteiger partial charge is 0.384 e. The second kappa shape index (κ2) is 5.92. The number of rotatable bonds is 2. The molecule has 3 aliphatic heterocycles. The van der Waals surface area contributed by atoms with Gasteiger partial charge in [0.05, 0.1) is 0 Å². The van der Waals surface area contributed by atoms with Gasteiger partial charge >= 0.3 is 0 Å². The molecule has 118 valence electrons. The normalized spacial score (nSPS) is 22.6. The van der Waals surface area contributed by atoms with E-state index in [9.17, 15) is 4.79 Å². The van der Waals surface area contributed by atoms with E-state index >= 15 is 0 Å². The van der Waals surface area contributed by atoms with Gasteiger partial charge in [0.1, 0.15) is 0 Å². The maximum atomic E-state index is 12.7. The number of carbonyl (C=O) groups excluding carboxylic acids is 1. The Labute approximate surface area is 132 Å². The number of carbonyl (C=O) groups is 1. The van der Waals surface area contributed by atoms with Crippen LogP contribution in [0.25, 0.3) is 0 Å². The zero-order chi connectivity index (χ0) is 14.9. The van der Waals surface area contributed by atoms with Gasteiger partial charge in [-0.25, -0.2) is 0 Å². The van der Waals surface area contributed by atoms with E-state index in [4.69, 9.17) is 0 Å². The lowest BCUT2D eigenvalue weighted by Gasteiger charge is -2.36. The first-order valence-electron chi connectivity index (χ1n) is 8.71. The first kappa shape index (κ1) is 14.1. The Kier molecular flexibility index (Phi) is 3.78. The highest BCUT2D eigenvalue weighted by Gasteiger charge is 2.28. The topological polar surface area (TPSA) is 35.6 Å². The molecule has 1 amide bonds. The van der Waals surface area contributed by atoms with Crippen molar-refractivity contribution in [3.63, 3.8) is 0 Å². The van der Waals surface area contributed by atoms with Gasteiger partial charge in [-0.15, -0.1) is 0 Å². The molecule has 0 bridgehead atoms. The minimum absolute atomic E-state index is 0.217. The fourth-order valence-corrected chi connectivity index (χ4v) is 4.16. The molecule has 3 aliphatic rings. The van der Waals surface area contributed by atoms with Crippen LogP contribution in [0.5, 0.6) is 0 Å². The lowest BCUT2D eigenvalue weighted by atomic mass is 10.0. The van der Waals surface area contributed by atoms with Crippen LogP contribution in [0, 0.1) is 0 Å². The Morgan fingerprint density at radius 1 is 1.09 bits per heavy atom. The second-order valence-electron chi connectivity index (χ2n) is 6.82. The molecular weight excluding hydrogens is 274 g/mol. The lowest BCUT2D eigenvalue weighted by Crippen LogP contribution is -2.45. The molecule has 0 radical (unpaired) electrons. The predicted molar refractivity (Wildman–Crippen MR) is 88.4 cm³/mol. The van der Waals surface area contributed by atoms with Gasteiger partial charge in [0, 0.05) is 36.9 Å². The van der Waals surface area contributed by atoms with Crippen molar-refractivity contribution in [2.24, 2.45) is 0 Å². The van der Waals surface area contributed by atoms with Crippen LogP contribution in [0.1, 0.15) is 41.6 Å². The number of hydrogen-bond acceptors (Lipinski definition) is 3. The summed E-state index contributed by atoms with van der Waals surface area (Å²) >= 11 is 0. The Morgan fingerprint density at radius 3 is 2.64 bits per heavy atom. The van der Waals surface area contributed by atoms with E-state index < -0.39 is 0 Å². The van der Waals surface area contributed by atoms with Gasteiger partial charge in [-0.2, -0.15) is 0 Å². The number of fused-ring (bicyclic) bond motifs is 1. The van der Waals surface area contributed by atoms with Crippen LogP contribution in [0.15, 0.2) is 18.2 Å². The summed E-state index contributed by atoms with van der Waals surface area (Å²) in [6.45, 7) is 5.34. The summed E-state index contributed by atoms with van der Waals surface area (Å²) < 4.78 is 0. The standard InChI is InChI=1S/C18H25N3O/c22-18(15-3-4-17-14(13-15)5-8-19-17)21-11-6-16(7-12-21)20-9-1-2-10-20/h3-4,13,16,19H,1-2,5-12H2. The van der Waals surface area contributed by atoms with E-state index in [1.165, 1.54) is 37.2 Å². The first-order chi connectivity index (χ1) is 10.8. The van der Waals surface area contributed by atoms with E-state index in [2.05, 4.69) is 27.2 Å². The van der Waals surface area contributed by atoms with Crippen LogP contribution < -0.4 is 5.32 Å². The highest BCUT2D eigenvalue weighted by atomic mass is 16.2. The summed E-state index contributed by atoms with van der Waals surface area (Å²) in [5, 5.41) is 3.35. The third kappa shape index (κ3) is 2.60. The lowest BCUT2D eigenvalue weighted by molar-refractivity contribution is 0.0644. The van der Waals surface area contributed by atoms with Crippen molar-refractivity contribution < 1.29 is 4.79 Å². The number of nitrogens with one attached hydrogen (secondary N) is 1. The van der Waals surface area contributed by atoms with Crippen LogP contribution in [0.3, 0.4) is 0 Å². The number of anilines is 1. The molecule has 0 aromatic heterocycles. The third-order valence-corrected chi connectivity index (χ3v) is 5.47. The number of benzene rings is 1. The van der Waals surface area contributed by atoms with Crippen LogP contribution in [-0.4, -0.2) is 54.5 Å². The van der Waals surface area contributed by atoms with E-state index in [0.29, 0.717) is 6.04 Å². The van der Waals surface area contributed by atoms with Crippen molar-refractivity contribution in [2.45, 2.75) is 38.1 Å². The van der Waals surface area contributed by atoms with Crippen molar-refractivity contribution >= 4 is 11.6 Å². The van der Waals surface area contributed by atoms with Gasteiger partial charge in [0.15, 0.2) is 0 Å². The zero-order valence-corrected chi connectivity index (χ0v) is 13.2. The minimum atomic E-state index is 0.217. The van der Waals surface area contributed by atoms with E-state index in [1.54, 1.807) is 0 Å². The van der Waals surface area contributed by atoms with Crippen LogP contribution in [-0.2, 0) is 6.42 Å². The maximum absolute atomic E-state index is 12.7. The molecule has 0 saturated carbocycles. The summed E-state index contributed by atoms with van der Waals surface area (Å²) in [5.41, 5.74) is 3.35. The maximum Gasteiger partial charge on any atom is 0.253 e. The molecule has 3 heterocycles. The molecule has 4 rings (SSSR count). The monoisotopic (exact) mass is 299 g/mol. The van der Waals surface area contributed by atoms with Gasteiger partial charge in [0.2, 0.25) is 0 Å². The van der Waals surface area contributed by atoms with E-state index in [-0.39, 0.29) is 5.91 Å². The summed E-state index contributed by atoms with van der Waals surface area (Å²) in [4.78, 5) is 17.4. The summed E-state index contributed by atoms with van der Waals surface area (Å²) in [5.74, 6) is 0.217. The summed E-state index contributed by atoms with van der Waals surface area (Å²) in [6, 6.07) is 6.83. The molecule has 4 nitrogen and oxygen atoms in total. The zero-order valence-electron chi connectivity index (χ0n) is 13.2. The van der Waals surface area contributed by atoms with Crippen molar-refractivity contribution in [3.8, 4) is 0 Å². The average Bonchev–Trinajstić information content (AvgIpc) is 3.25. The van der Waals surface area contributed by atoms with Crippen molar-refractivity contribution in [3.05, 3.63) is 29.3 Å². The number of amides is 1. The Balaban J connectivity index is 1.39. The third-order valence-electron chi connectivity index (χ3n) is 5.47. The van der Waals surface area contributed by atoms with Crippen molar-refractivity contribution in [2.75, 3.05) is 38.0 Å². The van der Waals surface area contributed by atoms with Crippen LogP contribution in [0.4, 0.5) is 5.69 Å². The molecule has 1 N–H and O–H groups in total. The van der Waals surface area contributed by atoms with Gasteiger partial charge in [-0.05, 0) is 69.0 Å². The molecule has 4 heteroatoms. The minimum Gasteiger partial charge on any atom is -0.384 e. The molecule has 0 unspecified atom stereocenters. The fraction of sp³-hybridized carbons (Fsp3) is 0.611. The van der Waals surface area contributed by atoms with Gasteiger partial charge < -0.3 is 15.1 Å². The Bertz CT molecular complexity index is 557. The van der Waals surface area contributed by atoms with Gasteiger partial charge in [-0.3, -0.25) is 4.79 Å². The second-order valence-corrected chi connectivity index (χ2v) is 6.82. The molecule has 0 atom stereocenters. The Hall–Kier alpha value is -1.55. The fourth-order valence-electron chi connectivity index (χ4n) is 4.16. The van der Waals surface area contributed by atoms with E-state index in [0.717, 1.165) is 44.5 Å². The highest BCUT2D eigenvalue weighted by Crippen LogP contribution is 2.25. The smallest absolute Gasteiger partial charge is 0.253 e.